The van der Waals surface area contributed by atoms with E-state index in [0.29, 0.717) is 0 Å². The van der Waals surface area contributed by atoms with Gasteiger partial charge in [-0.05, 0) is 12.8 Å². The molecule has 0 aliphatic rings. The molecule has 0 saturated carbocycles. The van der Waals surface area contributed by atoms with Crippen LogP contribution in [0.15, 0.2) is 0 Å². The fourth-order valence-corrected chi connectivity index (χ4v) is 1.34. The third-order valence-electron chi connectivity index (χ3n) is 2.28. The second-order valence-corrected chi connectivity index (χ2v) is 3.37. The monoisotopic (exact) mass is 173 g/mol. The number of hydrogen-bond acceptors (Lipinski definition) is 2. The first-order valence-electron chi connectivity index (χ1n) is 5.20. The summed E-state index contributed by atoms with van der Waals surface area (Å²) in [7, 11) is 0. The highest BCUT2D eigenvalue weighted by Gasteiger charge is 2.03. The first-order chi connectivity index (χ1) is 5.85. The predicted molar refractivity (Wildman–Crippen MR) is 52.7 cm³/mol. The molecular formula is C10H23NO. The van der Waals surface area contributed by atoms with Crippen molar-refractivity contribution in [3.05, 3.63) is 0 Å². The highest BCUT2D eigenvalue weighted by atomic mass is 16.6. The lowest BCUT2D eigenvalue weighted by Gasteiger charge is -2.10. The van der Waals surface area contributed by atoms with Crippen molar-refractivity contribution in [3.8, 4) is 0 Å². The van der Waals surface area contributed by atoms with Gasteiger partial charge in [0.25, 0.3) is 0 Å². The van der Waals surface area contributed by atoms with Crippen LogP contribution in [0.4, 0.5) is 0 Å². The molecule has 1 atom stereocenters. The van der Waals surface area contributed by atoms with Gasteiger partial charge in [0, 0.05) is 0 Å². The molecule has 0 radical (unpaired) electrons. The smallest absolute Gasteiger partial charge is 0.0784 e. The van der Waals surface area contributed by atoms with Crippen molar-refractivity contribution < 1.29 is 4.84 Å². The Hall–Kier alpha value is -0.0800. The molecule has 0 aromatic carbocycles. The second kappa shape index (κ2) is 9.01. The Morgan fingerprint density at radius 3 is 2.25 bits per heavy atom. The molecule has 0 aliphatic carbocycles. The zero-order valence-corrected chi connectivity index (χ0v) is 8.51. The minimum absolute atomic E-state index is 0.284. The Morgan fingerprint density at radius 2 is 1.75 bits per heavy atom. The quantitative estimate of drug-likeness (QED) is 0.452. The van der Waals surface area contributed by atoms with E-state index in [1.165, 1.54) is 32.1 Å². The highest BCUT2D eigenvalue weighted by molar-refractivity contribution is 4.54. The summed E-state index contributed by atoms with van der Waals surface area (Å²) < 4.78 is 0. The fraction of sp³-hybridized carbons (Fsp3) is 1.00. The number of unbranched alkanes of at least 4 members (excludes halogenated alkanes) is 4. The maximum atomic E-state index is 5.12. The minimum atomic E-state index is 0.284. The van der Waals surface area contributed by atoms with Crippen LogP contribution in [-0.2, 0) is 4.84 Å². The van der Waals surface area contributed by atoms with E-state index < -0.39 is 0 Å². The van der Waals surface area contributed by atoms with Crippen LogP contribution < -0.4 is 5.90 Å². The Bertz CT molecular complexity index is 81.9. The van der Waals surface area contributed by atoms with Crippen LogP contribution >= 0.6 is 0 Å². The molecule has 0 amide bonds. The van der Waals surface area contributed by atoms with Crippen LogP contribution in [0.3, 0.4) is 0 Å². The van der Waals surface area contributed by atoms with E-state index in [9.17, 15) is 0 Å². The van der Waals surface area contributed by atoms with E-state index >= 15 is 0 Å². The van der Waals surface area contributed by atoms with Crippen LogP contribution in [0.1, 0.15) is 58.8 Å². The Kier molecular flexibility index (Phi) is 8.95. The summed E-state index contributed by atoms with van der Waals surface area (Å²) in [5.74, 6) is 5.12. The van der Waals surface area contributed by atoms with Gasteiger partial charge >= 0.3 is 0 Å². The first kappa shape index (κ1) is 11.9. The van der Waals surface area contributed by atoms with Crippen LogP contribution in [0.5, 0.6) is 0 Å². The molecule has 0 aliphatic heterocycles. The molecule has 2 nitrogen and oxygen atoms in total. The molecule has 1 unspecified atom stereocenters. The molecule has 0 heterocycles. The minimum Gasteiger partial charge on any atom is -0.301 e. The number of rotatable bonds is 8. The first-order valence-corrected chi connectivity index (χ1v) is 5.20. The van der Waals surface area contributed by atoms with Crippen LogP contribution in [-0.4, -0.2) is 6.10 Å². The van der Waals surface area contributed by atoms with E-state index in [2.05, 4.69) is 13.8 Å². The summed E-state index contributed by atoms with van der Waals surface area (Å²) in [5, 5.41) is 0. The molecule has 0 rings (SSSR count). The molecule has 2 N–H and O–H groups in total. The zero-order chi connectivity index (χ0) is 9.23. The van der Waals surface area contributed by atoms with Gasteiger partial charge in [-0.2, -0.15) is 0 Å². The normalized spacial score (nSPS) is 13.2. The third kappa shape index (κ3) is 6.62. The molecule has 0 aromatic rings. The summed E-state index contributed by atoms with van der Waals surface area (Å²) in [6.45, 7) is 4.35. The van der Waals surface area contributed by atoms with Crippen molar-refractivity contribution >= 4 is 0 Å². The molecular weight excluding hydrogens is 150 g/mol. The van der Waals surface area contributed by atoms with E-state index in [1.807, 2.05) is 0 Å². The average molecular weight is 173 g/mol. The summed E-state index contributed by atoms with van der Waals surface area (Å²) in [4.78, 5) is 4.81. The Balaban J connectivity index is 3.06. The molecule has 74 valence electrons. The Morgan fingerprint density at radius 1 is 1.08 bits per heavy atom. The van der Waals surface area contributed by atoms with Crippen molar-refractivity contribution in [1.82, 2.24) is 0 Å². The highest BCUT2D eigenvalue weighted by Crippen LogP contribution is 2.10. The zero-order valence-electron chi connectivity index (χ0n) is 8.51. The van der Waals surface area contributed by atoms with E-state index in [1.54, 1.807) is 0 Å². The van der Waals surface area contributed by atoms with Crippen LogP contribution in [0.2, 0.25) is 0 Å². The standard InChI is InChI=1S/C10H23NO/c1-3-5-6-7-8-9-10(4-2)12-11/h10H,3-9,11H2,1-2H3. The van der Waals surface area contributed by atoms with E-state index in [4.69, 9.17) is 10.7 Å². The van der Waals surface area contributed by atoms with Crippen LogP contribution in [0.25, 0.3) is 0 Å². The van der Waals surface area contributed by atoms with E-state index in [-0.39, 0.29) is 6.10 Å². The summed E-state index contributed by atoms with van der Waals surface area (Å²) in [6, 6.07) is 0. The van der Waals surface area contributed by atoms with Gasteiger partial charge in [-0.3, -0.25) is 0 Å². The molecule has 0 fully saturated rings. The van der Waals surface area contributed by atoms with Crippen molar-refractivity contribution in [2.24, 2.45) is 5.90 Å². The Labute approximate surface area is 76.4 Å². The maximum Gasteiger partial charge on any atom is 0.0784 e. The fourth-order valence-electron chi connectivity index (χ4n) is 1.34. The lowest BCUT2D eigenvalue weighted by Crippen LogP contribution is -2.15. The SMILES string of the molecule is CCCCCCCC(CC)ON. The van der Waals surface area contributed by atoms with Gasteiger partial charge in [0.1, 0.15) is 0 Å². The molecule has 0 aromatic heterocycles. The molecule has 2 heteroatoms. The lowest BCUT2D eigenvalue weighted by atomic mass is 10.1. The molecule has 12 heavy (non-hydrogen) atoms. The number of nitrogens with two attached hydrogens (primary N) is 1. The van der Waals surface area contributed by atoms with Crippen molar-refractivity contribution in [2.75, 3.05) is 0 Å². The molecule has 0 spiro atoms. The van der Waals surface area contributed by atoms with Gasteiger partial charge in [-0.1, -0.05) is 46.0 Å². The largest absolute Gasteiger partial charge is 0.301 e. The van der Waals surface area contributed by atoms with Crippen molar-refractivity contribution in [2.45, 2.75) is 64.9 Å². The topological polar surface area (TPSA) is 35.2 Å². The van der Waals surface area contributed by atoms with Gasteiger partial charge in [-0.25, -0.2) is 5.90 Å². The maximum absolute atomic E-state index is 5.12. The number of hydrogen-bond donors (Lipinski definition) is 1. The molecule has 0 saturated heterocycles. The lowest BCUT2D eigenvalue weighted by molar-refractivity contribution is 0.0430. The van der Waals surface area contributed by atoms with E-state index in [0.717, 1.165) is 12.8 Å². The van der Waals surface area contributed by atoms with Gasteiger partial charge < -0.3 is 4.84 Å². The summed E-state index contributed by atoms with van der Waals surface area (Å²) in [5.41, 5.74) is 0. The van der Waals surface area contributed by atoms with Gasteiger partial charge in [-0.15, -0.1) is 0 Å². The summed E-state index contributed by atoms with van der Waals surface area (Å²) >= 11 is 0. The third-order valence-corrected chi connectivity index (χ3v) is 2.28. The predicted octanol–water partition coefficient (Wildman–Crippen LogP) is 3.02. The summed E-state index contributed by atoms with van der Waals surface area (Å²) in [6.07, 6.45) is 9.05. The van der Waals surface area contributed by atoms with Crippen molar-refractivity contribution in [1.29, 1.82) is 0 Å². The second-order valence-electron chi connectivity index (χ2n) is 3.37. The van der Waals surface area contributed by atoms with Gasteiger partial charge in [0.15, 0.2) is 0 Å². The van der Waals surface area contributed by atoms with Crippen LogP contribution in [0, 0.1) is 0 Å². The average Bonchev–Trinajstić information content (AvgIpc) is 2.11. The van der Waals surface area contributed by atoms with Gasteiger partial charge in [0.05, 0.1) is 6.10 Å². The molecule has 0 bridgehead atoms. The van der Waals surface area contributed by atoms with Gasteiger partial charge in [0.2, 0.25) is 0 Å². The van der Waals surface area contributed by atoms with Crippen molar-refractivity contribution in [3.63, 3.8) is 0 Å².